The third kappa shape index (κ3) is 3.33. The van der Waals surface area contributed by atoms with E-state index < -0.39 is 17.7 Å². The predicted molar refractivity (Wildman–Crippen MR) is 80.4 cm³/mol. The van der Waals surface area contributed by atoms with Crippen molar-refractivity contribution in [1.29, 1.82) is 0 Å². The normalized spacial score (nSPS) is 17.1. The second kappa shape index (κ2) is 5.50. The number of halogens is 2. The van der Waals surface area contributed by atoms with E-state index in [4.69, 9.17) is 32.7 Å². The van der Waals surface area contributed by atoms with E-state index >= 15 is 0 Å². The van der Waals surface area contributed by atoms with Crippen LogP contribution in [0.3, 0.4) is 0 Å². The third-order valence-corrected chi connectivity index (χ3v) is 3.80. The second-order valence-corrected chi connectivity index (χ2v) is 6.70. The number of hydrogen-bond acceptors (Lipinski definition) is 4. The molecule has 1 atom stereocenters. The molecule has 0 saturated carbocycles. The molecule has 0 N–H and O–H groups in total. The van der Waals surface area contributed by atoms with Gasteiger partial charge in [0.25, 0.3) is 0 Å². The summed E-state index contributed by atoms with van der Waals surface area (Å²) in [4.78, 5) is 23.6. The van der Waals surface area contributed by atoms with E-state index in [9.17, 15) is 9.59 Å². The standard InChI is InChI=1S/C15H16Cl2O4/c1-7(18)9-5-8-6-10(14(19)21-15(2,3)4)20-13(8)12(17)11(9)16/h5,10H,6H2,1-4H3. The van der Waals surface area contributed by atoms with Gasteiger partial charge in [0.2, 0.25) is 0 Å². The summed E-state index contributed by atoms with van der Waals surface area (Å²) in [5.74, 6) is -0.303. The lowest BCUT2D eigenvalue weighted by Gasteiger charge is -2.21. The number of benzene rings is 1. The minimum absolute atomic E-state index is 0.146. The maximum atomic E-state index is 12.1. The summed E-state index contributed by atoms with van der Waals surface area (Å²) in [6.45, 7) is 6.76. The average Bonchev–Trinajstić information content (AvgIpc) is 2.75. The van der Waals surface area contributed by atoms with Crippen LogP contribution in [0.25, 0.3) is 0 Å². The van der Waals surface area contributed by atoms with Gasteiger partial charge in [-0.05, 0) is 33.8 Å². The Morgan fingerprint density at radius 3 is 2.43 bits per heavy atom. The summed E-state index contributed by atoms with van der Waals surface area (Å²) in [5.41, 5.74) is 0.417. The Labute approximate surface area is 133 Å². The van der Waals surface area contributed by atoms with Crippen LogP contribution in [0.2, 0.25) is 10.0 Å². The molecule has 0 saturated heterocycles. The van der Waals surface area contributed by atoms with Crippen LogP contribution in [-0.2, 0) is 16.0 Å². The maximum Gasteiger partial charge on any atom is 0.348 e. The first-order valence-electron chi connectivity index (χ1n) is 6.51. The highest BCUT2D eigenvalue weighted by atomic mass is 35.5. The molecule has 1 aromatic rings. The van der Waals surface area contributed by atoms with E-state index in [0.29, 0.717) is 23.3 Å². The molecule has 0 aliphatic carbocycles. The number of ketones is 1. The number of rotatable bonds is 2. The fourth-order valence-corrected chi connectivity index (χ4v) is 2.62. The van der Waals surface area contributed by atoms with Crippen LogP contribution < -0.4 is 4.74 Å². The molecule has 1 heterocycles. The fourth-order valence-electron chi connectivity index (χ4n) is 2.08. The molecular weight excluding hydrogens is 315 g/mol. The molecule has 1 aliphatic rings. The highest BCUT2D eigenvalue weighted by Crippen LogP contribution is 2.42. The topological polar surface area (TPSA) is 52.6 Å². The molecule has 1 aromatic carbocycles. The van der Waals surface area contributed by atoms with Crippen molar-refractivity contribution in [2.75, 3.05) is 0 Å². The third-order valence-electron chi connectivity index (χ3n) is 2.95. The zero-order valence-corrected chi connectivity index (χ0v) is 13.8. The van der Waals surface area contributed by atoms with Gasteiger partial charge in [-0.25, -0.2) is 4.79 Å². The SMILES string of the molecule is CC(=O)c1cc2c(c(Cl)c1Cl)OC(C(=O)OC(C)(C)C)C2. The number of Topliss-reactive ketones (excluding diaryl/α,β-unsaturated/α-hetero) is 1. The number of carbonyl (C=O) groups excluding carboxylic acids is 2. The highest BCUT2D eigenvalue weighted by molar-refractivity contribution is 6.45. The quantitative estimate of drug-likeness (QED) is 0.610. The minimum Gasteiger partial charge on any atom is -0.476 e. The Balaban J connectivity index is 2.29. The Morgan fingerprint density at radius 1 is 1.29 bits per heavy atom. The zero-order chi connectivity index (χ0) is 15.9. The largest absolute Gasteiger partial charge is 0.476 e. The van der Waals surface area contributed by atoms with Crippen molar-refractivity contribution in [3.05, 3.63) is 27.2 Å². The van der Waals surface area contributed by atoms with Crippen LogP contribution in [0, 0.1) is 0 Å². The first kappa shape index (κ1) is 16.1. The van der Waals surface area contributed by atoms with Gasteiger partial charge in [0.1, 0.15) is 16.4 Å². The van der Waals surface area contributed by atoms with E-state index in [2.05, 4.69) is 0 Å². The van der Waals surface area contributed by atoms with Gasteiger partial charge >= 0.3 is 5.97 Å². The predicted octanol–water partition coefficient (Wildman–Crippen LogP) is 3.84. The Morgan fingerprint density at radius 2 is 1.90 bits per heavy atom. The van der Waals surface area contributed by atoms with Gasteiger partial charge in [-0.3, -0.25) is 4.79 Å². The van der Waals surface area contributed by atoms with E-state index in [1.807, 2.05) is 0 Å². The van der Waals surface area contributed by atoms with E-state index in [-0.39, 0.29) is 15.8 Å². The number of carbonyl (C=O) groups is 2. The first-order valence-corrected chi connectivity index (χ1v) is 7.27. The van der Waals surface area contributed by atoms with Gasteiger partial charge in [0, 0.05) is 17.5 Å². The van der Waals surface area contributed by atoms with Crippen LogP contribution in [0.4, 0.5) is 0 Å². The van der Waals surface area contributed by atoms with Crippen molar-refractivity contribution in [3.8, 4) is 5.75 Å². The number of hydrogen-bond donors (Lipinski definition) is 0. The average molecular weight is 331 g/mol. The second-order valence-electron chi connectivity index (χ2n) is 5.94. The summed E-state index contributed by atoms with van der Waals surface area (Å²) in [7, 11) is 0. The number of esters is 1. The van der Waals surface area contributed by atoms with Gasteiger partial charge < -0.3 is 9.47 Å². The van der Waals surface area contributed by atoms with Crippen molar-refractivity contribution in [2.24, 2.45) is 0 Å². The molecule has 0 bridgehead atoms. The molecule has 0 spiro atoms. The van der Waals surface area contributed by atoms with Crippen molar-refractivity contribution in [3.63, 3.8) is 0 Å². The lowest BCUT2D eigenvalue weighted by atomic mass is 10.0. The Hall–Kier alpha value is -1.26. The van der Waals surface area contributed by atoms with Gasteiger partial charge in [-0.15, -0.1) is 0 Å². The van der Waals surface area contributed by atoms with Gasteiger partial charge in [-0.2, -0.15) is 0 Å². The van der Waals surface area contributed by atoms with Crippen LogP contribution in [-0.4, -0.2) is 23.5 Å². The van der Waals surface area contributed by atoms with Crippen LogP contribution >= 0.6 is 23.2 Å². The van der Waals surface area contributed by atoms with Gasteiger partial charge in [0.05, 0.1) is 5.02 Å². The number of ether oxygens (including phenoxy) is 2. The molecular formula is C15H16Cl2O4. The van der Waals surface area contributed by atoms with Crippen LogP contribution in [0.1, 0.15) is 43.6 Å². The van der Waals surface area contributed by atoms with Crippen molar-refractivity contribution < 1.29 is 19.1 Å². The lowest BCUT2D eigenvalue weighted by molar-refractivity contribution is -0.162. The van der Waals surface area contributed by atoms with Crippen molar-refractivity contribution >= 4 is 35.0 Å². The van der Waals surface area contributed by atoms with Gasteiger partial charge in [0.15, 0.2) is 11.9 Å². The Bertz CT molecular complexity index is 617. The lowest BCUT2D eigenvalue weighted by Crippen LogP contribution is -2.34. The molecule has 0 radical (unpaired) electrons. The zero-order valence-electron chi connectivity index (χ0n) is 12.3. The minimum atomic E-state index is -0.769. The molecule has 114 valence electrons. The molecule has 0 fully saturated rings. The van der Waals surface area contributed by atoms with E-state index in [1.54, 1.807) is 26.8 Å². The monoisotopic (exact) mass is 330 g/mol. The Kier molecular flexibility index (Phi) is 4.22. The van der Waals surface area contributed by atoms with E-state index in [0.717, 1.165) is 0 Å². The summed E-state index contributed by atoms with van der Waals surface area (Å²) in [6, 6.07) is 1.62. The molecule has 4 nitrogen and oxygen atoms in total. The summed E-state index contributed by atoms with van der Waals surface area (Å²) in [5, 5.41) is 0.304. The summed E-state index contributed by atoms with van der Waals surface area (Å²) in [6.07, 6.45) is -0.462. The molecule has 6 heteroatoms. The van der Waals surface area contributed by atoms with Crippen molar-refractivity contribution in [2.45, 2.75) is 45.8 Å². The number of fused-ring (bicyclic) bond motifs is 1. The van der Waals surface area contributed by atoms with Crippen LogP contribution in [0.5, 0.6) is 5.75 Å². The summed E-state index contributed by atoms with van der Waals surface area (Å²) >= 11 is 12.2. The van der Waals surface area contributed by atoms with E-state index in [1.165, 1.54) is 6.92 Å². The molecule has 2 rings (SSSR count). The molecule has 1 aliphatic heterocycles. The molecule has 0 aromatic heterocycles. The molecule has 0 amide bonds. The highest BCUT2D eigenvalue weighted by Gasteiger charge is 2.35. The van der Waals surface area contributed by atoms with Crippen LogP contribution in [0.15, 0.2) is 6.07 Å². The first-order chi connectivity index (χ1) is 9.60. The maximum absolute atomic E-state index is 12.1. The smallest absolute Gasteiger partial charge is 0.348 e. The fraction of sp³-hybridized carbons (Fsp3) is 0.467. The van der Waals surface area contributed by atoms with Crippen molar-refractivity contribution in [1.82, 2.24) is 0 Å². The van der Waals surface area contributed by atoms with Gasteiger partial charge in [-0.1, -0.05) is 23.2 Å². The molecule has 1 unspecified atom stereocenters. The molecule has 21 heavy (non-hydrogen) atoms. The summed E-state index contributed by atoms with van der Waals surface area (Å²) < 4.78 is 10.9.